The summed E-state index contributed by atoms with van der Waals surface area (Å²) in [5, 5.41) is 0. The van der Waals surface area contributed by atoms with E-state index in [1.54, 1.807) is 0 Å². The highest BCUT2D eigenvalue weighted by atomic mass is 16.5. The zero-order chi connectivity index (χ0) is 20.9. The Balaban J connectivity index is 1.45. The van der Waals surface area contributed by atoms with E-state index < -0.39 is 0 Å². The molecule has 0 aromatic heterocycles. The van der Waals surface area contributed by atoms with E-state index in [0.717, 1.165) is 24.8 Å². The highest BCUT2D eigenvalue weighted by Gasteiger charge is 2.24. The van der Waals surface area contributed by atoms with E-state index in [9.17, 15) is 4.79 Å². The molecule has 0 saturated heterocycles. The number of rotatable bonds is 9. The van der Waals surface area contributed by atoms with E-state index in [1.807, 2.05) is 48.5 Å². The van der Waals surface area contributed by atoms with Crippen LogP contribution in [0.3, 0.4) is 0 Å². The lowest BCUT2D eigenvalue weighted by atomic mass is 10.0. The van der Waals surface area contributed by atoms with Crippen molar-refractivity contribution in [3.05, 3.63) is 71.8 Å². The summed E-state index contributed by atoms with van der Waals surface area (Å²) in [5.41, 5.74) is 2.18. The molecule has 0 spiro atoms. The number of hydrogen-bond acceptors (Lipinski definition) is 4. The van der Waals surface area contributed by atoms with Crippen LogP contribution in [0.15, 0.2) is 60.7 Å². The Morgan fingerprint density at radius 2 is 1.23 bits per heavy atom. The highest BCUT2D eigenvalue weighted by molar-refractivity contribution is 5.69. The zero-order valence-corrected chi connectivity index (χ0v) is 17.8. The van der Waals surface area contributed by atoms with Crippen LogP contribution >= 0.6 is 0 Å². The second-order valence-corrected chi connectivity index (χ2v) is 7.99. The Bertz CT molecular complexity index is 716. The van der Waals surface area contributed by atoms with Gasteiger partial charge in [-0.15, -0.1) is 0 Å². The van der Waals surface area contributed by atoms with E-state index in [0.29, 0.717) is 19.8 Å². The van der Waals surface area contributed by atoms with Crippen LogP contribution in [-0.4, -0.2) is 24.8 Å². The molecule has 4 nitrogen and oxygen atoms in total. The first-order valence-electron chi connectivity index (χ1n) is 11.3. The molecule has 2 atom stereocenters. The fourth-order valence-electron chi connectivity index (χ4n) is 3.86. The summed E-state index contributed by atoms with van der Waals surface area (Å²) in [7, 11) is 0. The van der Waals surface area contributed by atoms with Crippen molar-refractivity contribution >= 4 is 5.97 Å². The van der Waals surface area contributed by atoms with Gasteiger partial charge < -0.3 is 14.2 Å². The van der Waals surface area contributed by atoms with Crippen LogP contribution in [0.1, 0.15) is 62.5 Å². The smallest absolute Gasteiger partial charge is 0.308 e. The van der Waals surface area contributed by atoms with Crippen molar-refractivity contribution in [3.8, 4) is 0 Å². The van der Waals surface area contributed by atoms with Gasteiger partial charge in [0.25, 0.3) is 0 Å². The maximum absolute atomic E-state index is 12.1. The van der Waals surface area contributed by atoms with Gasteiger partial charge in [-0.2, -0.15) is 0 Å². The summed E-state index contributed by atoms with van der Waals surface area (Å²) < 4.78 is 17.8. The van der Waals surface area contributed by atoms with Crippen molar-refractivity contribution in [3.63, 3.8) is 0 Å². The van der Waals surface area contributed by atoms with E-state index in [1.165, 1.54) is 31.2 Å². The van der Waals surface area contributed by atoms with Gasteiger partial charge in [0.15, 0.2) is 0 Å². The summed E-state index contributed by atoms with van der Waals surface area (Å²) in [4.78, 5) is 12.1. The Kier molecular flexibility index (Phi) is 9.90. The molecule has 1 saturated carbocycles. The molecule has 1 aliphatic carbocycles. The summed E-state index contributed by atoms with van der Waals surface area (Å²) >= 11 is 0. The van der Waals surface area contributed by atoms with E-state index in [-0.39, 0.29) is 24.6 Å². The molecule has 0 aliphatic heterocycles. The van der Waals surface area contributed by atoms with E-state index in [2.05, 4.69) is 12.1 Å². The molecular formula is C26H34O4. The van der Waals surface area contributed by atoms with E-state index >= 15 is 0 Å². The number of hydrogen-bond donors (Lipinski definition) is 0. The normalized spacial score (nSPS) is 20.0. The van der Waals surface area contributed by atoms with Gasteiger partial charge in [0.05, 0.1) is 31.8 Å². The first-order chi connectivity index (χ1) is 14.8. The maximum Gasteiger partial charge on any atom is 0.308 e. The molecule has 3 rings (SSSR count). The topological polar surface area (TPSA) is 44.8 Å². The van der Waals surface area contributed by atoms with Gasteiger partial charge in [-0.25, -0.2) is 0 Å². The Labute approximate surface area is 180 Å². The Hall–Kier alpha value is -2.17. The standard InChI is InChI=1S/C26H34O4/c27-26(30-21-23-14-8-5-9-15-23)18-19-28-24-16-10-2-1-3-11-17-25(24)29-20-22-12-6-4-7-13-22/h4-9,12-15,24-25H,1-3,10-11,16-21H2. The zero-order valence-electron chi connectivity index (χ0n) is 17.8. The van der Waals surface area contributed by atoms with Gasteiger partial charge in [0.2, 0.25) is 0 Å². The molecule has 2 aromatic rings. The molecule has 1 fully saturated rings. The molecular weight excluding hydrogens is 376 g/mol. The fourth-order valence-corrected chi connectivity index (χ4v) is 3.86. The quantitative estimate of drug-likeness (QED) is 0.488. The molecule has 0 N–H and O–H groups in total. The van der Waals surface area contributed by atoms with Crippen LogP contribution in [-0.2, 0) is 32.2 Å². The molecule has 2 aromatic carbocycles. The number of carbonyl (C=O) groups is 1. The summed E-state index contributed by atoms with van der Waals surface area (Å²) in [6.07, 6.45) is 8.46. The first-order valence-corrected chi connectivity index (χ1v) is 11.3. The predicted octanol–water partition coefficient (Wildman–Crippen LogP) is 5.83. The highest BCUT2D eigenvalue weighted by Crippen LogP contribution is 2.23. The van der Waals surface area contributed by atoms with E-state index in [4.69, 9.17) is 14.2 Å². The molecule has 162 valence electrons. The number of carbonyl (C=O) groups excluding carboxylic acids is 1. The maximum atomic E-state index is 12.1. The Morgan fingerprint density at radius 3 is 1.87 bits per heavy atom. The lowest BCUT2D eigenvalue weighted by molar-refractivity contribution is -0.148. The predicted molar refractivity (Wildman–Crippen MR) is 118 cm³/mol. The van der Waals surface area contributed by atoms with Crippen molar-refractivity contribution in [2.24, 2.45) is 0 Å². The molecule has 0 bridgehead atoms. The minimum absolute atomic E-state index is 0.0359. The fraction of sp³-hybridized carbons (Fsp3) is 0.500. The van der Waals surface area contributed by atoms with Crippen LogP contribution in [0.25, 0.3) is 0 Å². The van der Waals surface area contributed by atoms with Gasteiger partial charge >= 0.3 is 5.97 Å². The van der Waals surface area contributed by atoms with Crippen molar-refractivity contribution in [1.82, 2.24) is 0 Å². The summed E-state index contributed by atoms with van der Waals surface area (Å²) in [5.74, 6) is -0.219. The molecule has 4 heteroatoms. The third-order valence-corrected chi connectivity index (χ3v) is 5.58. The largest absolute Gasteiger partial charge is 0.461 e. The Morgan fingerprint density at radius 1 is 0.700 bits per heavy atom. The molecule has 0 heterocycles. The first kappa shape index (κ1) is 22.5. The third kappa shape index (κ3) is 8.29. The number of ether oxygens (including phenoxy) is 3. The minimum atomic E-state index is -0.219. The van der Waals surface area contributed by atoms with Gasteiger partial charge in [0.1, 0.15) is 6.61 Å². The molecule has 1 aliphatic rings. The molecule has 2 unspecified atom stereocenters. The molecule has 0 amide bonds. The third-order valence-electron chi connectivity index (χ3n) is 5.58. The van der Waals surface area contributed by atoms with Crippen molar-refractivity contribution in [2.45, 2.75) is 76.8 Å². The van der Waals surface area contributed by atoms with Crippen molar-refractivity contribution in [2.75, 3.05) is 6.61 Å². The lowest BCUT2D eigenvalue weighted by Gasteiger charge is -2.27. The van der Waals surface area contributed by atoms with Crippen LogP contribution in [0.4, 0.5) is 0 Å². The van der Waals surface area contributed by atoms with Gasteiger partial charge in [0, 0.05) is 0 Å². The average Bonchev–Trinajstić information content (AvgIpc) is 2.90. The molecule has 0 radical (unpaired) electrons. The van der Waals surface area contributed by atoms with Gasteiger partial charge in [-0.1, -0.05) is 92.8 Å². The van der Waals surface area contributed by atoms with Crippen LogP contribution < -0.4 is 0 Å². The summed E-state index contributed by atoms with van der Waals surface area (Å²) in [6, 6.07) is 20.0. The van der Waals surface area contributed by atoms with Crippen molar-refractivity contribution in [1.29, 1.82) is 0 Å². The van der Waals surface area contributed by atoms with Crippen LogP contribution in [0.5, 0.6) is 0 Å². The van der Waals surface area contributed by atoms with Gasteiger partial charge in [-0.05, 0) is 24.0 Å². The van der Waals surface area contributed by atoms with Crippen LogP contribution in [0, 0.1) is 0 Å². The number of esters is 1. The monoisotopic (exact) mass is 410 g/mol. The second-order valence-electron chi connectivity index (χ2n) is 7.99. The van der Waals surface area contributed by atoms with Gasteiger partial charge in [-0.3, -0.25) is 4.79 Å². The number of benzene rings is 2. The average molecular weight is 411 g/mol. The lowest BCUT2D eigenvalue weighted by Crippen LogP contribution is -2.32. The summed E-state index contributed by atoms with van der Waals surface area (Å²) in [6.45, 7) is 1.29. The minimum Gasteiger partial charge on any atom is -0.461 e. The SMILES string of the molecule is O=C(CCOC1CCCCCCCC1OCc1ccccc1)OCc1ccccc1. The van der Waals surface area contributed by atoms with Crippen LogP contribution in [0.2, 0.25) is 0 Å². The molecule has 30 heavy (non-hydrogen) atoms. The van der Waals surface area contributed by atoms with Crippen molar-refractivity contribution < 1.29 is 19.0 Å². The second kappa shape index (κ2) is 13.2.